The van der Waals surface area contributed by atoms with Crippen molar-refractivity contribution < 1.29 is 4.74 Å². The van der Waals surface area contributed by atoms with Gasteiger partial charge in [-0.25, -0.2) is 0 Å². The fourth-order valence-electron chi connectivity index (χ4n) is 2.28. The molecular weight excluding hydrogens is 200 g/mol. The van der Waals surface area contributed by atoms with Crippen LogP contribution in [0.5, 0.6) is 5.75 Å². The van der Waals surface area contributed by atoms with E-state index in [1.54, 1.807) is 6.20 Å². The van der Waals surface area contributed by atoms with Gasteiger partial charge in [0.1, 0.15) is 11.4 Å². The first-order chi connectivity index (χ1) is 7.75. The van der Waals surface area contributed by atoms with Crippen LogP contribution in [0, 0.1) is 0 Å². The van der Waals surface area contributed by atoms with Crippen molar-refractivity contribution in [1.29, 1.82) is 0 Å². The molecule has 1 aliphatic heterocycles. The van der Waals surface area contributed by atoms with E-state index in [0.29, 0.717) is 0 Å². The third-order valence-electron chi connectivity index (χ3n) is 2.95. The Morgan fingerprint density at radius 3 is 3.00 bits per heavy atom. The Bertz CT molecular complexity index is 460. The second kappa shape index (κ2) is 3.37. The van der Waals surface area contributed by atoms with Crippen molar-refractivity contribution in [3.05, 3.63) is 48.3 Å². The van der Waals surface area contributed by atoms with E-state index in [1.807, 2.05) is 29.1 Å². The maximum Gasteiger partial charge on any atom is 0.130 e. The molecule has 1 aliphatic rings. The van der Waals surface area contributed by atoms with Gasteiger partial charge in [0.15, 0.2) is 0 Å². The van der Waals surface area contributed by atoms with Gasteiger partial charge in [-0.1, -0.05) is 18.2 Å². The summed E-state index contributed by atoms with van der Waals surface area (Å²) in [5, 5.41) is 4.22. The molecule has 1 unspecified atom stereocenters. The van der Waals surface area contributed by atoms with Crippen LogP contribution in [0.25, 0.3) is 0 Å². The smallest absolute Gasteiger partial charge is 0.130 e. The number of hydrogen-bond donors (Lipinski definition) is 0. The van der Waals surface area contributed by atoms with Crippen LogP contribution in [0.2, 0.25) is 0 Å². The number of hydrogen-bond acceptors (Lipinski definition) is 2. The quantitative estimate of drug-likeness (QED) is 0.766. The van der Waals surface area contributed by atoms with E-state index in [4.69, 9.17) is 4.74 Å². The molecule has 1 aromatic heterocycles. The molecule has 0 radical (unpaired) electrons. The van der Waals surface area contributed by atoms with Crippen molar-refractivity contribution in [2.75, 3.05) is 0 Å². The van der Waals surface area contributed by atoms with E-state index in [1.165, 1.54) is 5.56 Å². The Kier molecular flexibility index (Phi) is 1.99. The van der Waals surface area contributed by atoms with Crippen molar-refractivity contribution in [2.24, 2.45) is 0 Å². The Morgan fingerprint density at radius 1 is 1.38 bits per heavy atom. The molecule has 0 amide bonds. The zero-order chi connectivity index (χ0) is 11.0. The van der Waals surface area contributed by atoms with E-state index in [2.05, 4.69) is 24.2 Å². The highest BCUT2D eigenvalue weighted by molar-refractivity contribution is 5.38. The highest BCUT2D eigenvalue weighted by atomic mass is 16.5. The molecule has 0 bridgehead atoms. The Hall–Kier alpha value is -1.77. The van der Waals surface area contributed by atoms with Crippen molar-refractivity contribution in [1.82, 2.24) is 9.78 Å². The molecule has 3 rings (SSSR count). The molecule has 2 aromatic rings. The van der Waals surface area contributed by atoms with Gasteiger partial charge in [0.2, 0.25) is 0 Å². The summed E-state index contributed by atoms with van der Waals surface area (Å²) in [7, 11) is 0. The number of benzene rings is 1. The maximum absolute atomic E-state index is 6.01. The summed E-state index contributed by atoms with van der Waals surface area (Å²) in [4.78, 5) is 0. The molecule has 0 fully saturated rings. The molecule has 82 valence electrons. The SMILES string of the molecule is CC1(Cn2cccn2)Cc2ccccc2O1. The predicted molar refractivity (Wildman–Crippen MR) is 61.4 cm³/mol. The van der Waals surface area contributed by atoms with E-state index >= 15 is 0 Å². The number of fused-ring (bicyclic) bond motifs is 1. The molecule has 3 nitrogen and oxygen atoms in total. The van der Waals surface area contributed by atoms with Crippen LogP contribution in [0.1, 0.15) is 12.5 Å². The van der Waals surface area contributed by atoms with Crippen LogP contribution in [0.4, 0.5) is 0 Å². The molecule has 3 heteroatoms. The molecule has 1 atom stereocenters. The minimum atomic E-state index is -0.171. The van der Waals surface area contributed by atoms with Gasteiger partial charge in [-0.05, 0) is 24.6 Å². The zero-order valence-corrected chi connectivity index (χ0v) is 9.26. The molecule has 0 saturated heterocycles. The number of nitrogens with zero attached hydrogens (tertiary/aromatic N) is 2. The molecule has 0 saturated carbocycles. The summed E-state index contributed by atoms with van der Waals surface area (Å²) in [5.41, 5.74) is 1.12. The van der Waals surface area contributed by atoms with Crippen LogP contribution in [0.3, 0.4) is 0 Å². The van der Waals surface area contributed by atoms with Crippen molar-refractivity contribution in [3.63, 3.8) is 0 Å². The minimum Gasteiger partial charge on any atom is -0.485 e. The first-order valence-electron chi connectivity index (χ1n) is 5.50. The van der Waals surface area contributed by atoms with Crippen LogP contribution in [0.15, 0.2) is 42.7 Å². The third kappa shape index (κ3) is 1.58. The van der Waals surface area contributed by atoms with E-state index in [0.717, 1.165) is 18.7 Å². The largest absolute Gasteiger partial charge is 0.485 e. The Morgan fingerprint density at radius 2 is 2.25 bits per heavy atom. The monoisotopic (exact) mass is 214 g/mol. The van der Waals surface area contributed by atoms with E-state index < -0.39 is 0 Å². The van der Waals surface area contributed by atoms with Gasteiger partial charge in [-0.3, -0.25) is 4.68 Å². The molecule has 0 aliphatic carbocycles. The van der Waals surface area contributed by atoms with Crippen molar-refractivity contribution in [3.8, 4) is 5.75 Å². The van der Waals surface area contributed by atoms with Gasteiger partial charge in [0, 0.05) is 18.8 Å². The van der Waals surface area contributed by atoms with Crippen LogP contribution < -0.4 is 4.74 Å². The lowest BCUT2D eigenvalue weighted by molar-refractivity contribution is 0.0907. The van der Waals surface area contributed by atoms with E-state index in [9.17, 15) is 0 Å². The maximum atomic E-state index is 6.01. The topological polar surface area (TPSA) is 27.1 Å². The summed E-state index contributed by atoms with van der Waals surface area (Å²) in [5.74, 6) is 1.01. The van der Waals surface area contributed by atoms with Crippen molar-refractivity contribution >= 4 is 0 Å². The Balaban J connectivity index is 1.83. The molecule has 16 heavy (non-hydrogen) atoms. The molecule has 0 N–H and O–H groups in total. The minimum absolute atomic E-state index is 0.171. The lowest BCUT2D eigenvalue weighted by Gasteiger charge is -2.23. The van der Waals surface area contributed by atoms with Gasteiger partial charge in [-0.2, -0.15) is 5.10 Å². The van der Waals surface area contributed by atoms with Gasteiger partial charge < -0.3 is 4.74 Å². The number of rotatable bonds is 2. The third-order valence-corrected chi connectivity index (χ3v) is 2.95. The summed E-state index contributed by atoms with van der Waals surface area (Å²) >= 11 is 0. The van der Waals surface area contributed by atoms with Crippen LogP contribution in [-0.2, 0) is 13.0 Å². The molecular formula is C13H14N2O. The fourth-order valence-corrected chi connectivity index (χ4v) is 2.28. The van der Waals surface area contributed by atoms with Gasteiger partial charge >= 0.3 is 0 Å². The van der Waals surface area contributed by atoms with Gasteiger partial charge in [-0.15, -0.1) is 0 Å². The first-order valence-corrected chi connectivity index (χ1v) is 5.50. The predicted octanol–water partition coefficient (Wildman–Crippen LogP) is 2.28. The van der Waals surface area contributed by atoms with Crippen molar-refractivity contribution in [2.45, 2.75) is 25.5 Å². The van der Waals surface area contributed by atoms with E-state index in [-0.39, 0.29) is 5.60 Å². The normalized spacial score (nSPS) is 22.8. The standard InChI is InChI=1S/C13H14N2O/c1-13(10-15-8-4-7-14-15)9-11-5-2-3-6-12(11)16-13/h2-8H,9-10H2,1H3. The Labute approximate surface area is 94.7 Å². The summed E-state index contributed by atoms with van der Waals surface area (Å²) < 4.78 is 7.93. The average Bonchev–Trinajstić information content (AvgIpc) is 2.83. The number of para-hydroxylation sites is 1. The fraction of sp³-hybridized carbons (Fsp3) is 0.308. The van der Waals surface area contributed by atoms with Crippen LogP contribution in [-0.4, -0.2) is 15.4 Å². The first kappa shape index (κ1) is 9.46. The van der Waals surface area contributed by atoms with Gasteiger partial charge in [0.05, 0.1) is 6.54 Å². The molecule has 2 heterocycles. The lowest BCUT2D eigenvalue weighted by atomic mass is 9.99. The summed E-state index contributed by atoms with van der Waals surface area (Å²) in [6, 6.07) is 10.2. The number of ether oxygens (including phenoxy) is 1. The second-order valence-electron chi connectivity index (χ2n) is 4.54. The highest BCUT2D eigenvalue weighted by Crippen LogP contribution is 2.35. The second-order valence-corrected chi connectivity index (χ2v) is 4.54. The highest BCUT2D eigenvalue weighted by Gasteiger charge is 2.35. The summed E-state index contributed by atoms with van der Waals surface area (Å²) in [6.07, 6.45) is 4.71. The zero-order valence-electron chi connectivity index (χ0n) is 9.26. The van der Waals surface area contributed by atoms with Gasteiger partial charge in [0.25, 0.3) is 0 Å². The van der Waals surface area contributed by atoms with Crippen LogP contribution >= 0.6 is 0 Å². The molecule has 0 spiro atoms. The number of aromatic nitrogens is 2. The molecule has 1 aromatic carbocycles. The summed E-state index contributed by atoms with van der Waals surface area (Å²) in [6.45, 7) is 2.92. The lowest BCUT2D eigenvalue weighted by Crippen LogP contribution is -2.35. The average molecular weight is 214 g/mol.